The van der Waals surface area contributed by atoms with Crippen LogP contribution < -0.4 is 9.67 Å². The SMILES string of the molecule is CCCc1nn(-c2ccccc2)c([O-])c1C1=C([n+]2ccccc2)C(=O)N(C2CCCCC2)C1=O. The number of pyridine rings is 1. The summed E-state index contributed by atoms with van der Waals surface area (Å²) in [6.45, 7) is 2.01. The summed E-state index contributed by atoms with van der Waals surface area (Å²) in [5.41, 5.74) is 1.83. The van der Waals surface area contributed by atoms with Crippen LogP contribution in [0.5, 0.6) is 5.88 Å². The van der Waals surface area contributed by atoms with Gasteiger partial charge < -0.3 is 5.11 Å². The molecule has 2 amide bonds. The molecule has 0 spiro atoms. The predicted octanol–water partition coefficient (Wildman–Crippen LogP) is 3.26. The van der Waals surface area contributed by atoms with Crippen LogP contribution in [0.4, 0.5) is 0 Å². The smallest absolute Gasteiger partial charge is 0.327 e. The van der Waals surface area contributed by atoms with E-state index in [4.69, 9.17) is 0 Å². The minimum absolute atomic E-state index is 0.139. The predicted molar refractivity (Wildman–Crippen MR) is 125 cm³/mol. The van der Waals surface area contributed by atoms with Crippen molar-refractivity contribution in [2.75, 3.05) is 0 Å². The minimum atomic E-state index is -0.384. The van der Waals surface area contributed by atoms with E-state index in [9.17, 15) is 14.7 Å². The van der Waals surface area contributed by atoms with E-state index in [0.29, 0.717) is 17.8 Å². The maximum Gasteiger partial charge on any atom is 0.327 e. The molecule has 1 fully saturated rings. The van der Waals surface area contributed by atoms with Gasteiger partial charge in [-0.1, -0.05) is 56.9 Å². The molecule has 1 aliphatic heterocycles. The van der Waals surface area contributed by atoms with Crippen molar-refractivity contribution in [3.8, 4) is 11.6 Å². The minimum Gasteiger partial charge on any atom is -0.858 e. The molecule has 5 rings (SSSR count). The number of aryl methyl sites for hydroxylation is 1. The van der Waals surface area contributed by atoms with Gasteiger partial charge in [0.15, 0.2) is 12.4 Å². The van der Waals surface area contributed by atoms with Gasteiger partial charge in [0.25, 0.3) is 11.6 Å². The van der Waals surface area contributed by atoms with Crippen LogP contribution in [0.1, 0.15) is 56.7 Å². The molecule has 174 valence electrons. The third kappa shape index (κ3) is 3.71. The Kier molecular flexibility index (Phi) is 6.01. The molecule has 3 aromatic rings. The molecule has 3 heterocycles. The van der Waals surface area contributed by atoms with E-state index >= 15 is 0 Å². The molecular weight excluding hydrogens is 428 g/mol. The highest BCUT2D eigenvalue weighted by Gasteiger charge is 2.49. The number of amides is 2. The van der Waals surface area contributed by atoms with Crippen LogP contribution in [-0.4, -0.2) is 32.5 Å². The van der Waals surface area contributed by atoms with Crippen LogP contribution in [0.3, 0.4) is 0 Å². The summed E-state index contributed by atoms with van der Waals surface area (Å²) in [6, 6.07) is 14.5. The van der Waals surface area contributed by atoms with Gasteiger partial charge in [0.2, 0.25) is 0 Å². The lowest BCUT2D eigenvalue weighted by molar-refractivity contribution is -0.576. The quantitative estimate of drug-likeness (QED) is 0.421. The summed E-state index contributed by atoms with van der Waals surface area (Å²) in [7, 11) is 0. The number of benzene rings is 1. The standard InChI is InChI=1S/C27H28N4O3/c1-2-12-21-22(26(33)31(28-21)20-15-8-4-9-16-20)23-24(29-17-10-5-11-18-29)27(34)30(25(23)32)19-13-6-3-7-14-19/h4-5,8-11,15-19H,2-3,6-7,12-14H2,1H3. The highest BCUT2D eigenvalue weighted by Crippen LogP contribution is 2.39. The Morgan fingerprint density at radius 2 is 1.65 bits per heavy atom. The second-order valence-electron chi connectivity index (χ2n) is 8.90. The van der Waals surface area contributed by atoms with E-state index in [1.54, 1.807) is 17.0 Å². The van der Waals surface area contributed by atoms with Crippen molar-refractivity contribution in [2.24, 2.45) is 0 Å². The Bertz CT molecular complexity index is 1240. The summed E-state index contributed by atoms with van der Waals surface area (Å²) in [4.78, 5) is 29.1. The van der Waals surface area contributed by atoms with Crippen LogP contribution in [-0.2, 0) is 16.0 Å². The van der Waals surface area contributed by atoms with Gasteiger partial charge in [0, 0.05) is 23.7 Å². The maximum atomic E-state index is 13.9. The highest BCUT2D eigenvalue weighted by atomic mass is 16.3. The Hall–Kier alpha value is -3.74. The first kappa shape index (κ1) is 22.1. The third-order valence-corrected chi connectivity index (χ3v) is 6.66. The lowest BCUT2D eigenvalue weighted by atomic mass is 9.94. The van der Waals surface area contributed by atoms with Crippen molar-refractivity contribution >= 4 is 23.1 Å². The van der Waals surface area contributed by atoms with Gasteiger partial charge in [-0.15, -0.1) is 0 Å². The van der Waals surface area contributed by atoms with Crippen molar-refractivity contribution in [2.45, 2.75) is 57.9 Å². The van der Waals surface area contributed by atoms with Gasteiger partial charge in [0.1, 0.15) is 5.57 Å². The fourth-order valence-corrected chi connectivity index (χ4v) is 5.07. The van der Waals surface area contributed by atoms with Gasteiger partial charge >= 0.3 is 5.91 Å². The first-order valence-corrected chi connectivity index (χ1v) is 12.0. The van der Waals surface area contributed by atoms with Gasteiger partial charge in [-0.05, 0) is 37.3 Å². The zero-order chi connectivity index (χ0) is 23.7. The fraction of sp³-hybridized carbons (Fsp3) is 0.333. The number of carbonyl (C=O) groups excluding carboxylic acids is 2. The average Bonchev–Trinajstić information content (AvgIpc) is 3.32. The summed E-state index contributed by atoms with van der Waals surface area (Å²) in [5, 5.41) is 18.4. The normalized spacial score (nSPS) is 17.1. The molecule has 0 atom stereocenters. The molecule has 0 bridgehead atoms. The first-order valence-electron chi connectivity index (χ1n) is 12.0. The lowest BCUT2D eigenvalue weighted by Crippen LogP contribution is -2.45. The Morgan fingerprint density at radius 3 is 2.32 bits per heavy atom. The Morgan fingerprint density at radius 1 is 0.971 bits per heavy atom. The average molecular weight is 457 g/mol. The molecule has 7 heteroatoms. The molecule has 2 aliphatic rings. The van der Waals surface area contributed by atoms with Crippen LogP contribution in [0, 0.1) is 0 Å². The zero-order valence-corrected chi connectivity index (χ0v) is 19.3. The Labute approximate surface area is 199 Å². The molecule has 0 radical (unpaired) electrons. The summed E-state index contributed by atoms with van der Waals surface area (Å²) < 4.78 is 3.01. The lowest BCUT2D eigenvalue weighted by Gasteiger charge is -2.29. The van der Waals surface area contributed by atoms with E-state index in [2.05, 4.69) is 5.10 Å². The molecule has 1 aromatic carbocycles. The molecule has 1 aliphatic carbocycles. The van der Waals surface area contributed by atoms with Crippen molar-refractivity contribution in [3.63, 3.8) is 0 Å². The van der Waals surface area contributed by atoms with Crippen LogP contribution in [0.15, 0.2) is 60.9 Å². The van der Waals surface area contributed by atoms with Crippen LogP contribution in [0.2, 0.25) is 0 Å². The number of imide groups is 1. The molecular formula is C27H28N4O3. The number of nitrogens with zero attached hydrogens (tertiary/aromatic N) is 4. The van der Waals surface area contributed by atoms with Crippen molar-refractivity contribution in [3.05, 3.63) is 72.2 Å². The zero-order valence-electron chi connectivity index (χ0n) is 19.3. The van der Waals surface area contributed by atoms with Gasteiger partial charge in [-0.2, -0.15) is 9.67 Å². The molecule has 0 saturated heterocycles. The molecule has 2 aromatic heterocycles. The first-order chi connectivity index (χ1) is 16.6. The summed E-state index contributed by atoms with van der Waals surface area (Å²) >= 11 is 0. The maximum absolute atomic E-state index is 13.9. The fourth-order valence-electron chi connectivity index (χ4n) is 5.07. The van der Waals surface area contributed by atoms with Gasteiger partial charge in [-0.3, -0.25) is 14.5 Å². The van der Waals surface area contributed by atoms with E-state index in [1.807, 2.05) is 55.5 Å². The number of carbonyl (C=O) groups is 2. The van der Waals surface area contributed by atoms with E-state index in [0.717, 1.165) is 38.5 Å². The number of hydrogen-bond acceptors (Lipinski definition) is 4. The van der Waals surface area contributed by atoms with Crippen molar-refractivity contribution in [1.29, 1.82) is 0 Å². The second-order valence-corrected chi connectivity index (χ2v) is 8.90. The highest BCUT2D eigenvalue weighted by molar-refractivity contribution is 6.45. The van der Waals surface area contributed by atoms with E-state index in [1.165, 1.54) is 9.58 Å². The third-order valence-electron chi connectivity index (χ3n) is 6.66. The molecule has 0 unspecified atom stereocenters. The Balaban J connectivity index is 1.72. The monoisotopic (exact) mass is 456 g/mol. The molecule has 7 nitrogen and oxygen atoms in total. The number of para-hydroxylation sites is 1. The van der Waals surface area contributed by atoms with Crippen LogP contribution in [0.25, 0.3) is 17.0 Å². The van der Waals surface area contributed by atoms with Crippen molar-refractivity contribution < 1.29 is 19.3 Å². The summed E-state index contributed by atoms with van der Waals surface area (Å²) in [5.74, 6) is -1.09. The number of hydrogen-bond donors (Lipinski definition) is 0. The second kappa shape index (κ2) is 9.25. The van der Waals surface area contributed by atoms with E-state index < -0.39 is 0 Å². The summed E-state index contributed by atoms with van der Waals surface area (Å²) in [6.07, 6.45) is 9.48. The van der Waals surface area contributed by atoms with Gasteiger partial charge in [-0.25, -0.2) is 4.68 Å². The van der Waals surface area contributed by atoms with Crippen LogP contribution >= 0.6 is 0 Å². The number of rotatable bonds is 6. The van der Waals surface area contributed by atoms with Gasteiger partial charge in [0.05, 0.1) is 11.4 Å². The topological polar surface area (TPSA) is 82.1 Å². The van der Waals surface area contributed by atoms with Crippen molar-refractivity contribution in [1.82, 2.24) is 14.7 Å². The number of aromatic nitrogens is 3. The molecule has 0 N–H and O–H groups in total. The molecule has 1 saturated carbocycles. The van der Waals surface area contributed by atoms with E-state index in [-0.39, 0.29) is 40.6 Å². The molecule has 34 heavy (non-hydrogen) atoms. The largest absolute Gasteiger partial charge is 0.858 e.